The van der Waals surface area contributed by atoms with Gasteiger partial charge in [-0.3, -0.25) is 0 Å². The fourth-order valence-corrected chi connectivity index (χ4v) is 4.35. The van der Waals surface area contributed by atoms with Crippen molar-refractivity contribution in [3.63, 3.8) is 0 Å². The van der Waals surface area contributed by atoms with E-state index in [-0.39, 0.29) is 0 Å². The number of hydrogen-bond donors (Lipinski definition) is 2. The second-order valence-electron chi connectivity index (χ2n) is 6.56. The molecule has 1 aliphatic heterocycles. The molecule has 21 heavy (non-hydrogen) atoms. The van der Waals surface area contributed by atoms with Gasteiger partial charge in [-0.2, -0.15) is 0 Å². The molecule has 5 nitrogen and oxygen atoms in total. The molecule has 2 aliphatic rings. The van der Waals surface area contributed by atoms with Crippen LogP contribution in [0.3, 0.4) is 0 Å². The van der Waals surface area contributed by atoms with Crippen molar-refractivity contribution in [3.8, 4) is 0 Å². The van der Waals surface area contributed by atoms with Crippen LogP contribution in [-0.4, -0.2) is 38.7 Å². The fraction of sp³-hybridized carbons (Fsp3) is 0.625. The number of anilines is 1. The molecule has 0 bridgehead atoms. The summed E-state index contributed by atoms with van der Waals surface area (Å²) in [5, 5.41) is 12.0. The number of hydrogen-bond acceptors (Lipinski definition) is 4. The van der Waals surface area contributed by atoms with Crippen molar-refractivity contribution in [3.05, 3.63) is 18.6 Å². The Bertz CT molecular complexity index is 655. The van der Waals surface area contributed by atoms with E-state index in [0.29, 0.717) is 11.8 Å². The van der Waals surface area contributed by atoms with Crippen LogP contribution in [0.1, 0.15) is 32.6 Å². The van der Waals surface area contributed by atoms with E-state index in [1.165, 1.54) is 6.42 Å². The number of H-pyrrole nitrogens is 1. The molecule has 2 aromatic heterocycles. The van der Waals surface area contributed by atoms with Gasteiger partial charge >= 0.3 is 0 Å². The Balaban J connectivity index is 1.68. The van der Waals surface area contributed by atoms with Gasteiger partial charge in [0.2, 0.25) is 0 Å². The molecule has 3 atom stereocenters. The average Bonchev–Trinajstić information content (AvgIpc) is 3.14. The minimum atomic E-state index is -0.484. The monoisotopic (exact) mass is 286 g/mol. The van der Waals surface area contributed by atoms with Crippen LogP contribution in [0.4, 0.5) is 5.82 Å². The predicted octanol–water partition coefficient (Wildman–Crippen LogP) is 2.34. The predicted molar refractivity (Wildman–Crippen MR) is 82.2 cm³/mol. The molecule has 4 rings (SSSR count). The molecule has 0 radical (unpaired) electrons. The molecule has 0 unspecified atom stereocenters. The van der Waals surface area contributed by atoms with Gasteiger partial charge in [0.25, 0.3) is 0 Å². The second-order valence-corrected chi connectivity index (χ2v) is 6.56. The molecule has 2 aromatic rings. The van der Waals surface area contributed by atoms with Crippen molar-refractivity contribution in [1.29, 1.82) is 0 Å². The number of rotatable bonds is 2. The smallest absolute Gasteiger partial charge is 0.142 e. The van der Waals surface area contributed by atoms with Crippen LogP contribution in [0.25, 0.3) is 11.0 Å². The number of nitrogens with zero attached hydrogens (tertiary/aromatic N) is 3. The van der Waals surface area contributed by atoms with E-state index in [1.807, 2.05) is 12.3 Å². The molecule has 112 valence electrons. The Morgan fingerprint density at radius 3 is 3.19 bits per heavy atom. The van der Waals surface area contributed by atoms with Crippen LogP contribution in [0.15, 0.2) is 18.6 Å². The molecule has 1 saturated heterocycles. The van der Waals surface area contributed by atoms with Crippen molar-refractivity contribution in [2.45, 2.75) is 38.2 Å². The SMILES string of the molecule is CC[C@]1(O)CCC[C@H]2CN(c3ncnc4[nH]ccc34)C[C@H]21. The zero-order valence-electron chi connectivity index (χ0n) is 12.4. The Labute approximate surface area is 124 Å². The van der Waals surface area contributed by atoms with Crippen LogP contribution in [-0.2, 0) is 0 Å². The quantitative estimate of drug-likeness (QED) is 0.889. The lowest BCUT2D eigenvalue weighted by Gasteiger charge is -2.40. The zero-order valence-corrected chi connectivity index (χ0v) is 12.4. The van der Waals surface area contributed by atoms with Crippen molar-refractivity contribution in [1.82, 2.24) is 15.0 Å². The first-order chi connectivity index (χ1) is 10.2. The minimum absolute atomic E-state index is 0.375. The molecular formula is C16H22N4O. The van der Waals surface area contributed by atoms with Crippen molar-refractivity contribution in [2.75, 3.05) is 18.0 Å². The summed E-state index contributed by atoms with van der Waals surface area (Å²) in [6.45, 7) is 4.02. The molecule has 3 heterocycles. The first-order valence-electron chi connectivity index (χ1n) is 7.96. The van der Waals surface area contributed by atoms with Crippen LogP contribution < -0.4 is 4.90 Å². The van der Waals surface area contributed by atoms with E-state index in [4.69, 9.17) is 0 Å². The highest BCUT2D eigenvalue weighted by Gasteiger charge is 2.48. The lowest BCUT2D eigenvalue weighted by Crippen LogP contribution is -2.44. The van der Waals surface area contributed by atoms with Gasteiger partial charge in [-0.15, -0.1) is 0 Å². The summed E-state index contributed by atoms with van der Waals surface area (Å²) in [5.41, 5.74) is 0.405. The minimum Gasteiger partial charge on any atom is -0.390 e. The van der Waals surface area contributed by atoms with Crippen LogP contribution in [0.5, 0.6) is 0 Å². The highest BCUT2D eigenvalue weighted by atomic mass is 16.3. The van der Waals surface area contributed by atoms with Gasteiger partial charge in [0, 0.05) is 25.2 Å². The van der Waals surface area contributed by atoms with Crippen LogP contribution in [0.2, 0.25) is 0 Å². The van der Waals surface area contributed by atoms with Gasteiger partial charge in [0.1, 0.15) is 17.8 Å². The van der Waals surface area contributed by atoms with E-state index < -0.39 is 5.60 Å². The van der Waals surface area contributed by atoms with Gasteiger partial charge in [0.15, 0.2) is 0 Å². The summed E-state index contributed by atoms with van der Waals surface area (Å²) in [7, 11) is 0. The molecule has 2 N–H and O–H groups in total. The van der Waals surface area contributed by atoms with Crippen molar-refractivity contribution < 1.29 is 5.11 Å². The van der Waals surface area contributed by atoms with E-state index in [2.05, 4.69) is 26.8 Å². The average molecular weight is 286 g/mol. The highest BCUT2D eigenvalue weighted by molar-refractivity contribution is 5.87. The maximum absolute atomic E-state index is 10.9. The largest absolute Gasteiger partial charge is 0.390 e. The van der Waals surface area contributed by atoms with Gasteiger partial charge in [-0.05, 0) is 31.2 Å². The molecule has 1 saturated carbocycles. The van der Waals surface area contributed by atoms with Crippen molar-refractivity contribution >= 4 is 16.9 Å². The molecular weight excluding hydrogens is 264 g/mol. The fourth-order valence-electron chi connectivity index (χ4n) is 4.35. The molecule has 5 heteroatoms. The van der Waals surface area contributed by atoms with Crippen LogP contribution >= 0.6 is 0 Å². The summed E-state index contributed by atoms with van der Waals surface area (Å²) in [6.07, 6.45) is 7.71. The van der Waals surface area contributed by atoms with Crippen molar-refractivity contribution in [2.24, 2.45) is 11.8 Å². The third-order valence-corrected chi connectivity index (χ3v) is 5.56. The maximum atomic E-state index is 10.9. The molecule has 0 spiro atoms. The lowest BCUT2D eigenvalue weighted by atomic mass is 9.69. The number of aromatic nitrogens is 3. The molecule has 0 amide bonds. The number of fused-ring (bicyclic) bond motifs is 2. The van der Waals surface area contributed by atoms with E-state index in [0.717, 1.165) is 49.2 Å². The normalized spacial score (nSPS) is 32.6. The van der Waals surface area contributed by atoms with Gasteiger partial charge in [-0.25, -0.2) is 9.97 Å². The summed E-state index contributed by atoms with van der Waals surface area (Å²) < 4.78 is 0. The number of aliphatic hydroxyl groups is 1. The van der Waals surface area contributed by atoms with E-state index in [1.54, 1.807) is 6.33 Å². The van der Waals surface area contributed by atoms with Gasteiger partial charge in [0.05, 0.1) is 11.0 Å². The molecule has 2 fully saturated rings. The lowest BCUT2D eigenvalue weighted by molar-refractivity contribution is -0.0597. The number of aromatic amines is 1. The Morgan fingerprint density at radius 2 is 2.33 bits per heavy atom. The number of nitrogens with one attached hydrogen (secondary N) is 1. The second kappa shape index (κ2) is 4.70. The summed E-state index contributed by atoms with van der Waals surface area (Å²) in [4.78, 5) is 14.3. The molecule has 1 aliphatic carbocycles. The topological polar surface area (TPSA) is 65.0 Å². The summed E-state index contributed by atoms with van der Waals surface area (Å²) in [5.74, 6) is 1.97. The third-order valence-electron chi connectivity index (χ3n) is 5.56. The standard InChI is InChI=1S/C16H22N4O/c1-2-16(21)6-3-4-11-8-20(9-13(11)16)15-12-5-7-17-14(12)18-10-19-15/h5,7,10-11,13,21H,2-4,6,8-9H2,1H3,(H,17,18,19)/t11-,13+,16-/m0/s1. The van der Waals surface area contributed by atoms with Crippen LogP contribution in [0, 0.1) is 11.8 Å². The Morgan fingerprint density at radius 1 is 1.43 bits per heavy atom. The van der Waals surface area contributed by atoms with Gasteiger partial charge in [-0.1, -0.05) is 13.3 Å². The first-order valence-corrected chi connectivity index (χ1v) is 7.96. The Kier molecular flexibility index (Phi) is 2.92. The van der Waals surface area contributed by atoms with Gasteiger partial charge < -0.3 is 15.0 Å². The Hall–Kier alpha value is -1.62. The summed E-state index contributed by atoms with van der Waals surface area (Å²) >= 11 is 0. The third kappa shape index (κ3) is 1.94. The first kappa shape index (κ1) is 13.1. The van der Waals surface area contributed by atoms with E-state index >= 15 is 0 Å². The molecule has 0 aromatic carbocycles. The summed E-state index contributed by atoms with van der Waals surface area (Å²) in [6, 6.07) is 2.04. The van der Waals surface area contributed by atoms with E-state index in [9.17, 15) is 5.11 Å². The maximum Gasteiger partial charge on any atom is 0.142 e. The highest BCUT2D eigenvalue weighted by Crippen LogP contribution is 2.45. The zero-order chi connectivity index (χ0) is 14.4.